The molecular weight excluding hydrogens is 227 g/mol. The molecule has 0 bridgehead atoms. The van der Waals surface area contributed by atoms with Crippen LogP contribution in [0.3, 0.4) is 0 Å². The van der Waals surface area contributed by atoms with Crippen molar-refractivity contribution in [2.45, 2.75) is 26.8 Å². The third-order valence-corrected chi connectivity index (χ3v) is 3.13. The number of hydrogen-bond donors (Lipinski definition) is 1. The molecule has 1 atom stereocenters. The zero-order valence-electron chi connectivity index (χ0n) is 12.0. The maximum absolute atomic E-state index is 13.7. The van der Waals surface area contributed by atoms with Crippen LogP contribution in [-0.2, 0) is 0 Å². The Morgan fingerprint density at radius 2 is 2.11 bits per heavy atom. The molecule has 1 N–H and O–H groups in total. The molecule has 100 valence electrons. The largest absolute Gasteiger partial charge is 0.370 e. The maximum Gasteiger partial charge on any atom is 0.126 e. The van der Waals surface area contributed by atoms with E-state index in [1.54, 1.807) is 13.0 Å². The van der Waals surface area contributed by atoms with Gasteiger partial charge in [-0.1, -0.05) is 12.2 Å². The van der Waals surface area contributed by atoms with Crippen LogP contribution in [0.25, 0.3) is 0 Å². The highest BCUT2D eigenvalue weighted by Gasteiger charge is 2.15. The monoisotopic (exact) mass is 250 g/mol. The van der Waals surface area contributed by atoms with Crippen LogP contribution in [0, 0.1) is 12.7 Å². The molecule has 0 aliphatic rings. The molecule has 0 aliphatic carbocycles. The van der Waals surface area contributed by atoms with Crippen molar-refractivity contribution in [3.63, 3.8) is 0 Å². The van der Waals surface area contributed by atoms with Gasteiger partial charge in [-0.2, -0.15) is 0 Å². The van der Waals surface area contributed by atoms with Gasteiger partial charge in [0.15, 0.2) is 0 Å². The smallest absolute Gasteiger partial charge is 0.126 e. The van der Waals surface area contributed by atoms with Crippen molar-refractivity contribution in [3.8, 4) is 0 Å². The van der Waals surface area contributed by atoms with Gasteiger partial charge >= 0.3 is 0 Å². The summed E-state index contributed by atoms with van der Waals surface area (Å²) in [6, 6.07) is 3.64. The highest BCUT2D eigenvalue weighted by Crippen LogP contribution is 2.28. The fourth-order valence-corrected chi connectivity index (χ4v) is 2.00. The Labute approximate surface area is 110 Å². The predicted molar refractivity (Wildman–Crippen MR) is 76.7 cm³/mol. The highest BCUT2D eigenvalue weighted by molar-refractivity contribution is 5.57. The van der Waals surface area contributed by atoms with Crippen LogP contribution < -0.4 is 10.2 Å². The minimum atomic E-state index is -0.153. The molecule has 18 heavy (non-hydrogen) atoms. The number of anilines is 1. The van der Waals surface area contributed by atoms with E-state index in [2.05, 4.69) is 16.8 Å². The number of rotatable bonds is 5. The number of benzene rings is 1. The molecule has 0 aromatic heterocycles. The second kappa shape index (κ2) is 6.01. The van der Waals surface area contributed by atoms with Gasteiger partial charge in [-0.05, 0) is 51.1 Å². The van der Waals surface area contributed by atoms with Crippen molar-refractivity contribution in [1.82, 2.24) is 5.32 Å². The van der Waals surface area contributed by atoms with E-state index < -0.39 is 0 Å². The number of likely N-dealkylation sites (N-methyl/N-ethyl adjacent to an activating group) is 1. The second-order valence-corrected chi connectivity index (χ2v) is 4.98. The van der Waals surface area contributed by atoms with E-state index in [4.69, 9.17) is 0 Å². The predicted octanol–water partition coefficient (Wildman–Crippen LogP) is 3.43. The number of aryl methyl sites for hydroxylation is 1. The fourth-order valence-electron chi connectivity index (χ4n) is 2.00. The number of nitrogens with zero attached hydrogens (tertiary/aromatic N) is 1. The summed E-state index contributed by atoms with van der Waals surface area (Å²) in [5.41, 5.74) is 3.79. The Morgan fingerprint density at radius 3 is 2.61 bits per heavy atom. The summed E-state index contributed by atoms with van der Waals surface area (Å²) >= 11 is 0. The first-order valence-corrected chi connectivity index (χ1v) is 6.19. The summed E-state index contributed by atoms with van der Waals surface area (Å²) in [5.74, 6) is -0.153. The van der Waals surface area contributed by atoms with E-state index in [1.165, 1.54) is 0 Å². The third-order valence-electron chi connectivity index (χ3n) is 3.13. The quantitative estimate of drug-likeness (QED) is 0.805. The molecule has 0 fully saturated rings. The summed E-state index contributed by atoms with van der Waals surface area (Å²) in [7, 11) is 3.89. The lowest BCUT2D eigenvalue weighted by atomic mass is 10.0. The van der Waals surface area contributed by atoms with Crippen molar-refractivity contribution in [1.29, 1.82) is 0 Å². The highest BCUT2D eigenvalue weighted by atomic mass is 19.1. The molecule has 3 heteroatoms. The van der Waals surface area contributed by atoms with E-state index in [0.717, 1.165) is 23.4 Å². The minimum absolute atomic E-state index is 0.114. The van der Waals surface area contributed by atoms with Gasteiger partial charge in [0.2, 0.25) is 0 Å². The average molecular weight is 250 g/mol. The van der Waals surface area contributed by atoms with Gasteiger partial charge in [-0.15, -0.1) is 0 Å². The lowest BCUT2D eigenvalue weighted by Gasteiger charge is -2.26. The van der Waals surface area contributed by atoms with Crippen molar-refractivity contribution in [3.05, 3.63) is 41.2 Å². The molecule has 1 unspecified atom stereocenters. The van der Waals surface area contributed by atoms with Crippen molar-refractivity contribution in [2.24, 2.45) is 0 Å². The van der Waals surface area contributed by atoms with E-state index >= 15 is 0 Å². The zero-order valence-corrected chi connectivity index (χ0v) is 12.0. The van der Waals surface area contributed by atoms with Gasteiger partial charge in [0.05, 0.1) is 0 Å². The lowest BCUT2D eigenvalue weighted by Crippen LogP contribution is -2.23. The Morgan fingerprint density at radius 1 is 1.50 bits per heavy atom. The molecule has 0 heterocycles. The molecule has 0 radical (unpaired) electrons. The second-order valence-electron chi connectivity index (χ2n) is 4.98. The van der Waals surface area contributed by atoms with Gasteiger partial charge < -0.3 is 10.2 Å². The molecule has 0 spiro atoms. The van der Waals surface area contributed by atoms with Gasteiger partial charge in [0.25, 0.3) is 0 Å². The van der Waals surface area contributed by atoms with Crippen LogP contribution in [0.2, 0.25) is 0 Å². The van der Waals surface area contributed by atoms with Gasteiger partial charge in [0.1, 0.15) is 5.82 Å². The van der Waals surface area contributed by atoms with Crippen molar-refractivity contribution in [2.75, 3.05) is 25.5 Å². The van der Waals surface area contributed by atoms with Gasteiger partial charge in [0, 0.05) is 25.3 Å². The molecular formula is C15H23FN2. The first kappa shape index (κ1) is 14.7. The Hall–Kier alpha value is -1.35. The number of halogens is 1. The summed E-state index contributed by atoms with van der Waals surface area (Å²) in [6.45, 7) is 10.5. The van der Waals surface area contributed by atoms with Crippen LogP contribution in [-0.4, -0.2) is 20.6 Å². The number of nitrogens with one attached hydrogen (secondary N) is 1. The maximum atomic E-state index is 13.7. The Balaban J connectivity index is 3.22. The van der Waals surface area contributed by atoms with Crippen LogP contribution in [0.1, 0.15) is 31.0 Å². The summed E-state index contributed by atoms with van der Waals surface area (Å²) in [4.78, 5) is 2.11. The van der Waals surface area contributed by atoms with Gasteiger partial charge in [-0.3, -0.25) is 0 Å². The SMILES string of the molecule is C=C(C)CN(C)c1cc(C)c(F)cc1C(C)NC. The van der Waals surface area contributed by atoms with E-state index in [9.17, 15) is 4.39 Å². The summed E-state index contributed by atoms with van der Waals surface area (Å²) in [6.07, 6.45) is 0. The van der Waals surface area contributed by atoms with Crippen LogP contribution in [0.15, 0.2) is 24.3 Å². The molecule has 0 aliphatic heterocycles. The molecule has 0 saturated heterocycles. The number of hydrogen-bond acceptors (Lipinski definition) is 2. The first-order valence-electron chi connectivity index (χ1n) is 6.19. The third kappa shape index (κ3) is 3.33. The van der Waals surface area contributed by atoms with E-state index in [0.29, 0.717) is 5.56 Å². The molecule has 1 rings (SSSR count). The molecule has 1 aromatic carbocycles. The fraction of sp³-hybridized carbons (Fsp3) is 0.467. The average Bonchev–Trinajstić information content (AvgIpc) is 2.30. The first-order chi connectivity index (χ1) is 8.36. The Bertz CT molecular complexity index is 440. The molecule has 0 amide bonds. The van der Waals surface area contributed by atoms with Crippen LogP contribution in [0.4, 0.5) is 10.1 Å². The Kier molecular flexibility index (Phi) is 4.91. The summed E-state index contributed by atoms with van der Waals surface area (Å²) in [5, 5.41) is 3.16. The lowest BCUT2D eigenvalue weighted by molar-refractivity contribution is 0.600. The topological polar surface area (TPSA) is 15.3 Å². The minimum Gasteiger partial charge on any atom is -0.370 e. The molecule has 1 aromatic rings. The standard InChI is InChI=1S/C15H23FN2/c1-10(2)9-18(6)15-7-11(3)14(16)8-13(15)12(4)17-5/h7-8,12,17H,1,9H2,2-6H3. The normalized spacial score (nSPS) is 12.3. The molecule has 2 nitrogen and oxygen atoms in total. The van der Waals surface area contributed by atoms with Crippen molar-refractivity contribution < 1.29 is 4.39 Å². The van der Waals surface area contributed by atoms with E-state index in [-0.39, 0.29) is 11.9 Å². The van der Waals surface area contributed by atoms with E-state index in [1.807, 2.05) is 34.0 Å². The molecule has 0 saturated carbocycles. The summed E-state index contributed by atoms with van der Waals surface area (Å²) < 4.78 is 13.7. The van der Waals surface area contributed by atoms with Crippen LogP contribution >= 0.6 is 0 Å². The van der Waals surface area contributed by atoms with Crippen molar-refractivity contribution >= 4 is 5.69 Å². The zero-order chi connectivity index (χ0) is 13.9. The van der Waals surface area contributed by atoms with Gasteiger partial charge in [-0.25, -0.2) is 4.39 Å². The van der Waals surface area contributed by atoms with Crippen LogP contribution in [0.5, 0.6) is 0 Å².